The zero-order valence-corrected chi connectivity index (χ0v) is 17.6. The molecule has 1 saturated heterocycles. The molecule has 2 aromatic carbocycles. The number of amides is 2. The maximum Gasteiger partial charge on any atom is 0.280 e. The molecule has 2 heterocycles. The number of carbonyl (C=O) groups is 3. The maximum absolute atomic E-state index is 12.8. The van der Waals surface area contributed by atoms with Gasteiger partial charge >= 0.3 is 0 Å². The number of imide groups is 1. The number of hydrogen-bond acceptors (Lipinski definition) is 4. The number of ketones is 1. The van der Waals surface area contributed by atoms with Crippen LogP contribution >= 0.6 is 10.5 Å². The summed E-state index contributed by atoms with van der Waals surface area (Å²) in [4.78, 5) is 36.0. The number of benzene rings is 2. The molecule has 1 aromatic heterocycles. The van der Waals surface area contributed by atoms with E-state index in [0.29, 0.717) is 11.1 Å². The largest absolute Gasteiger partial charge is 0.453 e. The van der Waals surface area contributed by atoms with Crippen LogP contribution in [0, 0.1) is 0 Å². The summed E-state index contributed by atoms with van der Waals surface area (Å²) in [6.45, 7) is 2.18. The van der Waals surface area contributed by atoms with Gasteiger partial charge in [0.05, 0.1) is 5.75 Å². The second kappa shape index (κ2) is 8.79. The zero-order valence-electron chi connectivity index (χ0n) is 16.8. The molecule has 30 heavy (non-hydrogen) atoms. The molecule has 1 aliphatic rings. The lowest BCUT2D eigenvalue weighted by molar-refractivity contribution is -0.117. The molecule has 3 aromatic rings. The van der Waals surface area contributed by atoms with Crippen molar-refractivity contribution in [3.8, 4) is 0 Å². The molecule has 4 rings (SSSR count). The predicted molar refractivity (Wildman–Crippen MR) is 120 cm³/mol. The Hall–Kier alpha value is -2.99. The van der Waals surface area contributed by atoms with E-state index in [-0.39, 0.29) is 28.4 Å². The maximum atomic E-state index is 12.8. The Morgan fingerprint density at radius 1 is 1.10 bits per heavy atom. The van der Waals surface area contributed by atoms with Gasteiger partial charge in [-0.2, -0.15) is 0 Å². The van der Waals surface area contributed by atoms with Gasteiger partial charge in [0.1, 0.15) is 5.58 Å². The smallest absolute Gasteiger partial charge is 0.280 e. The summed E-state index contributed by atoms with van der Waals surface area (Å²) >= 11 is 0. The number of hydrogen-bond donors (Lipinski definition) is 1. The fraction of sp³-hybridized carbons (Fsp3) is 0.250. The van der Waals surface area contributed by atoms with Crippen molar-refractivity contribution in [2.24, 2.45) is 0 Å². The quantitative estimate of drug-likeness (QED) is 0.328. The van der Waals surface area contributed by atoms with Gasteiger partial charge in [0.15, 0.2) is 5.76 Å². The van der Waals surface area contributed by atoms with E-state index in [4.69, 9.17) is 4.42 Å². The fourth-order valence-corrected chi connectivity index (χ4v) is 4.87. The summed E-state index contributed by atoms with van der Waals surface area (Å²) < 4.78 is 5.76. The molecule has 154 valence electrons. The lowest BCUT2D eigenvalue weighted by atomic mass is 10.0. The summed E-state index contributed by atoms with van der Waals surface area (Å²) in [5.41, 5.74) is 3.27. The van der Waals surface area contributed by atoms with Crippen LogP contribution in [-0.2, 0) is 11.2 Å². The Morgan fingerprint density at radius 2 is 1.90 bits per heavy atom. The van der Waals surface area contributed by atoms with Crippen LogP contribution in [0.15, 0.2) is 52.9 Å². The normalized spacial score (nSPS) is 16.4. The van der Waals surface area contributed by atoms with Gasteiger partial charge in [-0.05, 0) is 47.5 Å². The Morgan fingerprint density at radius 3 is 2.60 bits per heavy atom. The molecule has 1 atom stereocenters. The average molecular weight is 422 g/mol. The Kier molecular flexibility index (Phi) is 5.95. The molecule has 1 N–H and O–H groups in total. The first-order chi connectivity index (χ1) is 14.5. The van der Waals surface area contributed by atoms with Crippen LogP contribution < -0.4 is 5.32 Å². The van der Waals surface area contributed by atoms with Crippen LogP contribution in [0.25, 0.3) is 11.0 Å². The van der Waals surface area contributed by atoms with Crippen LogP contribution in [-0.4, -0.2) is 28.0 Å². The summed E-state index contributed by atoms with van der Waals surface area (Å²) in [6, 6.07) is 14.9. The van der Waals surface area contributed by atoms with E-state index >= 15 is 0 Å². The second-order valence-electron chi connectivity index (χ2n) is 7.42. The topological polar surface area (TPSA) is 76.4 Å². The first-order valence-electron chi connectivity index (χ1n) is 10.1. The second-order valence-corrected chi connectivity index (χ2v) is 9.17. The summed E-state index contributed by atoms with van der Waals surface area (Å²) in [6.07, 6.45) is 4.58. The number of aryl methyl sites for hydroxylation is 1. The van der Waals surface area contributed by atoms with E-state index in [1.54, 1.807) is 17.5 Å². The number of furan rings is 1. The molecule has 0 saturated carbocycles. The molecular weight excluding hydrogens is 398 g/mol. The minimum absolute atomic E-state index is 0.153. The van der Waals surface area contributed by atoms with Crippen LogP contribution in [0.5, 0.6) is 0 Å². The Bertz CT molecular complexity index is 1160. The van der Waals surface area contributed by atoms with Gasteiger partial charge in [0, 0.05) is 10.9 Å². The average Bonchev–Trinajstić information content (AvgIpc) is 3.30. The molecular formula is C24H23NO4S. The third kappa shape index (κ3) is 4.44. The van der Waals surface area contributed by atoms with Crippen LogP contribution in [0.4, 0.5) is 4.79 Å². The van der Waals surface area contributed by atoms with Crippen LogP contribution in [0.3, 0.4) is 0 Å². The SMILES string of the molecule is CCCCCc1ccc(C(=O)c2cc3cc(/C=S4\CC(=O)NC4=O)ccc3o2)cc1. The lowest BCUT2D eigenvalue weighted by Crippen LogP contribution is -2.18. The minimum Gasteiger partial charge on any atom is -0.453 e. The van der Waals surface area contributed by atoms with Gasteiger partial charge in [0.25, 0.3) is 5.24 Å². The van der Waals surface area contributed by atoms with Crippen molar-refractivity contribution in [1.29, 1.82) is 0 Å². The predicted octanol–water partition coefficient (Wildman–Crippen LogP) is 5.07. The fourth-order valence-electron chi connectivity index (χ4n) is 3.47. The van der Waals surface area contributed by atoms with Crippen molar-refractivity contribution in [3.63, 3.8) is 0 Å². The molecule has 0 spiro atoms. The van der Waals surface area contributed by atoms with Crippen LogP contribution in [0.2, 0.25) is 0 Å². The summed E-state index contributed by atoms with van der Waals surface area (Å²) in [7, 11) is -0.756. The number of nitrogens with one attached hydrogen (secondary N) is 1. The molecule has 2 amide bonds. The molecule has 0 bridgehead atoms. The van der Waals surface area contributed by atoms with Crippen molar-refractivity contribution in [2.45, 2.75) is 32.6 Å². The standard InChI is InChI=1S/C24H23NO4S/c1-2-3-4-5-16-6-9-18(10-7-16)23(27)21-13-19-12-17(8-11-20(19)29-21)14-30-15-22(26)25-24(30)28/h6-14H,2-5,15H2,1H3,(H,25,26,28). The van der Waals surface area contributed by atoms with Gasteiger partial charge in [-0.25, -0.2) is 0 Å². The molecule has 6 heteroatoms. The monoisotopic (exact) mass is 421 g/mol. The zero-order chi connectivity index (χ0) is 21.1. The van der Waals surface area contributed by atoms with Crippen molar-refractivity contribution < 1.29 is 18.8 Å². The van der Waals surface area contributed by atoms with E-state index in [1.807, 2.05) is 36.4 Å². The highest BCUT2D eigenvalue weighted by Crippen LogP contribution is 2.25. The molecule has 5 nitrogen and oxygen atoms in total. The summed E-state index contributed by atoms with van der Waals surface area (Å²) in [5.74, 6) is 0.0882. The van der Waals surface area contributed by atoms with Crippen molar-refractivity contribution in [2.75, 3.05) is 5.75 Å². The van der Waals surface area contributed by atoms with E-state index < -0.39 is 10.5 Å². The van der Waals surface area contributed by atoms with E-state index in [9.17, 15) is 14.4 Å². The third-order valence-corrected chi connectivity index (χ3v) is 6.80. The Labute approximate surface area is 177 Å². The first-order valence-corrected chi connectivity index (χ1v) is 11.5. The van der Waals surface area contributed by atoms with E-state index in [0.717, 1.165) is 23.8 Å². The highest BCUT2D eigenvalue weighted by molar-refractivity contribution is 8.28. The minimum atomic E-state index is -0.756. The third-order valence-electron chi connectivity index (χ3n) is 5.09. The van der Waals surface area contributed by atoms with Crippen molar-refractivity contribution in [1.82, 2.24) is 5.32 Å². The van der Waals surface area contributed by atoms with Gasteiger partial charge in [-0.1, -0.05) is 60.6 Å². The lowest BCUT2D eigenvalue weighted by Gasteiger charge is -2.02. The van der Waals surface area contributed by atoms with E-state index in [1.165, 1.54) is 18.4 Å². The van der Waals surface area contributed by atoms with Crippen molar-refractivity contribution in [3.05, 3.63) is 71.0 Å². The van der Waals surface area contributed by atoms with Gasteiger partial charge in [-0.15, -0.1) is 0 Å². The highest BCUT2D eigenvalue weighted by atomic mass is 32.2. The van der Waals surface area contributed by atoms with Gasteiger partial charge in [0.2, 0.25) is 11.7 Å². The number of unbranched alkanes of at least 4 members (excludes halogenated alkanes) is 2. The van der Waals surface area contributed by atoms with E-state index in [2.05, 4.69) is 12.2 Å². The number of carbonyl (C=O) groups excluding carboxylic acids is 3. The molecule has 0 radical (unpaired) electrons. The first kappa shape index (κ1) is 20.3. The highest BCUT2D eigenvalue weighted by Gasteiger charge is 2.22. The number of fused-ring (bicyclic) bond motifs is 1. The molecule has 1 unspecified atom stereocenters. The van der Waals surface area contributed by atoms with Gasteiger partial charge in [-0.3, -0.25) is 19.7 Å². The van der Waals surface area contributed by atoms with Crippen molar-refractivity contribution >= 4 is 43.8 Å². The Balaban J connectivity index is 1.53. The number of rotatable bonds is 7. The molecule has 0 aliphatic carbocycles. The van der Waals surface area contributed by atoms with Gasteiger partial charge < -0.3 is 4.42 Å². The molecule has 1 fully saturated rings. The summed E-state index contributed by atoms with van der Waals surface area (Å²) in [5, 5.41) is 4.66. The molecule has 1 aliphatic heterocycles. The van der Waals surface area contributed by atoms with Crippen LogP contribution in [0.1, 0.15) is 53.4 Å².